The summed E-state index contributed by atoms with van der Waals surface area (Å²) >= 11 is 4.82. The van der Waals surface area contributed by atoms with Gasteiger partial charge in [0.1, 0.15) is 5.75 Å². The maximum absolute atomic E-state index is 10.8. The van der Waals surface area contributed by atoms with Crippen LogP contribution in [0.5, 0.6) is 5.75 Å². The summed E-state index contributed by atoms with van der Waals surface area (Å²) in [7, 11) is 0. The second-order valence-corrected chi connectivity index (χ2v) is 10.9. The molecule has 0 bridgehead atoms. The summed E-state index contributed by atoms with van der Waals surface area (Å²) in [4.78, 5) is 1.10. The van der Waals surface area contributed by atoms with Crippen molar-refractivity contribution < 1.29 is 5.11 Å². The van der Waals surface area contributed by atoms with Crippen LogP contribution in [-0.2, 0) is 10.8 Å². The highest BCUT2D eigenvalue weighted by Gasteiger charge is 2.27. The van der Waals surface area contributed by atoms with Gasteiger partial charge < -0.3 is 5.11 Å². The first-order valence-electron chi connectivity index (χ1n) is 7.45. The predicted octanol–water partition coefficient (Wildman–Crippen LogP) is 5.71. The maximum Gasteiger partial charge on any atom is 0.179 e. The van der Waals surface area contributed by atoms with Crippen molar-refractivity contribution in [1.29, 1.82) is 0 Å². The number of aromatic hydroxyl groups is 1. The van der Waals surface area contributed by atoms with Crippen LogP contribution >= 0.6 is 34.9 Å². The minimum atomic E-state index is -0.119. The fourth-order valence-electron chi connectivity index (χ4n) is 2.23. The van der Waals surface area contributed by atoms with Gasteiger partial charge in [0.25, 0.3) is 0 Å². The number of thioether (sulfide) groups is 1. The molecule has 1 aromatic carbocycles. The summed E-state index contributed by atoms with van der Waals surface area (Å²) in [6.07, 6.45) is 2.00. The molecule has 0 aliphatic rings. The van der Waals surface area contributed by atoms with Crippen molar-refractivity contribution in [1.82, 2.24) is 10.2 Å². The molecule has 0 unspecified atom stereocenters. The highest BCUT2D eigenvalue weighted by Crippen LogP contribution is 2.43. The van der Waals surface area contributed by atoms with Gasteiger partial charge in [0.2, 0.25) is 0 Å². The van der Waals surface area contributed by atoms with Crippen LogP contribution in [0.15, 0.2) is 25.7 Å². The summed E-state index contributed by atoms with van der Waals surface area (Å²) in [6.45, 7) is 12.7. The van der Waals surface area contributed by atoms with Gasteiger partial charge in [0.05, 0.1) is 0 Å². The zero-order chi connectivity index (χ0) is 17.4. The number of hydrogen-bond donors (Lipinski definition) is 1. The molecule has 2 rings (SSSR count). The fraction of sp³-hybridized carbons (Fsp3) is 0.529. The second-order valence-electron chi connectivity index (χ2n) is 7.51. The lowest BCUT2D eigenvalue weighted by Crippen LogP contribution is -2.17. The molecule has 3 nitrogen and oxygen atoms in total. The first-order valence-corrected chi connectivity index (χ1v) is 10.3. The molecule has 2 aromatic rings. The van der Waals surface area contributed by atoms with Crippen molar-refractivity contribution in [2.75, 3.05) is 6.26 Å². The third-order valence-corrected chi connectivity index (χ3v) is 6.39. The normalized spacial score (nSPS) is 12.7. The van der Waals surface area contributed by atoms with Crippen LogP contribution in [0.25, 0.3) is 0 Å². The Morgan fingerprint density at radius 3 is 1.78 bits per heavy atom. The molecule has 1 aromatic heterocycles. The molecule has 0 atom stereocenters. The number of phenolic OH excluding ortho intramolecular Hbond substituents is 1. The van der Waals surface area contributed by atoms with Crippen molar-refractivity contribution in [3.8, 4) is 5.75 Å². The Morgan fingerprint density at radius 1 is 0.913 bits per heavy atom. The van der Waals surface area contributed by atoms with Crippen LogP contribution in [0.3, 0.4) is 0 Å². The van der Waals surface area contributed by atoms with Crippen LogP contribution in [0.1, 0.15) is 52.7 Å². The molecule has 0 saturated heterocycles. The Bertz CT molecular complexity index is 662. The molecule has 0 amide bonds. The number of nitrogens with zero attached hydrogens (tertiary/aromatic N) is 2. The van der Waals surface area contributed by atoms with Crippen LogP contribution in [-0.4, -0.2) is 21.6 Å². The van der Waals surface area contributed by atoms with Crippen LogP contribution in [0, 0.1) is 0 Å². The second kappa shape index (κ2) is 6.65. The number of aromatic nitrogens is 2. The Labute approximate surface area is 151 Å². The topological polar surface area (TPSA) is 46.0 Å². The van der Waals surface area contributed by atoms with Gasteiger partial charge in [-0.1, -0.05) is 76.4 Å². The van der Waals surface area contributed by atoms with E-state index >= 15 is 0 Å². The lowest BCUT2D eigenvalue weighted by molar-refractivity contribution is 0.422. The number of hydrogen-bond acceptors (Lipinski definition) is 6. The van der Waals surface area contributed by atoms with Crippen molar-refractivity contribution in [3.05, 3.63) is 23.3 Å². The van der Waals surface area contributed by atoms with E-state index in [2.05, 4.69) is 63.9 Å². The van der Waals surface area contributed by atoms with Crippen LogP contribution < -0.4 is 0 Å². The third-order valence-electron chi connectivity index (χ3n) is 3.47. The van der Waals surface area contributed by atoms with Crippen molar-refractivity contribution in [3.63, 3.8) is 0 Å². The van der Waals surface area contributed by atoms with E-state index < -0.39 is 0 Å². The molecule has 0 saturated carbocycles. The van der Waals surface area contributed by atoms with E-state index in [0.29, 0.717) is 5.75 Å². The van der Waals surface area contributed by atoms with Crippen LogP contribution in [0.2, 0.25) is 0 Å². The predicted molar refractivity (Wildman–Crippen MR) is 101 cm³/mol. The van der Waals surface area contributed by atoms with Gasteiger partial charge in [-0.15, -0.1) is 10.2 Å². The zero-order valence-electron chi connectivity index (χ0n) is 14.7. The van der Waals surface area contributed by atoms with E-state index in [-0.39, 0.29) is 10.8 Å². The maximum atomic E-state index is 10.8. The molecule has 0 aliphatic carbocycles. The Balaban J connectivity index is 2.51. The summed E-state index contributed by atoms with van der Waals surface area (Å²) in [5.41, 5.74) is 1.71. The quantitative estimate of drug-likeness (QED) is 0.703. The largest absolute Gasteiger partial charge is 0.507 e. The monoisotopic (exact) mass is 368 g/mol. The minimum absolute atomic E-state index is 0.119. The Kier molecular flexibility index (Phi) is 5.38. The highest BCUT2D eigenvalue weighted by molar-refractivity contribution is 8.03. The van der Waals surface area contributed by atoms with Gasteiger partial charge in [0.15, 0.2) is 8.68 Å². The van der Waals surface area contributed by atoms with E-state index in [1.165, 1.54) is 0 Å². The Hall–Kier alpha value is -0.720. The summed E-state index contributed by atoms with van der Waals surface area (Å²) < 4.78 is 1.90. The molecule has 126 valence electrons. The van der Waals surface area contributed by atoms with E-state index in [9.17, 15) is 5.11 Å². The van der Waals surface area contributed by atoms with E-state index in [0.717, 1.165) is 24.7 Å². The van der Waals surface area contributed by atoms with Crippen molar-refractivity contribution in [2.24, 2.45) is 0 Å². The highest BCUT2D eigenvalue weighted by atomic mass is 32.2. The molecule has 1 N–H and O–H groups in total. The number of benzene rings is 1. The molecule has 0 radical (unpaired) electrons. The summed E-state index contributed by atoms with van der Waals surface area (Å²) in [5, 5.41) is 19.1. The van der Waals surface area contributed by atoms with Gasteiger partial charge in [-0.3, -0.25) is 0 Å². The SMILES string of the molecule is CSc1nnc(Sc2cc(C(C)(C)C)c(O)c(C(C)(C)C)c2)s1. The van der Waals surface area contributed by atoms with Gasteiger partial charge in [-0.2, -0.15) is 0 Å². The van der Waals surface area contributed by atoms with Crippen molar-refractivity contribution >= 4 is 34.9 Å². The fourth-order valence-corrected chi connectivity index (χ4v) is 4.72. The molecule has 0 fully saturated rings. The minimum Gasteiger partial charge on any atom is -0.507 e. The average Bonchev–Trinajstić information content (AvgIpc) is 2.85. The van der Waals surface area contributed by atoms with Gasteiger partial charge in [-0.05, 0) is 29.2 Å². The van der Waals surface area contributed by atoms with Crippen LogP contribution in [0.4, 0.5) is 0 Å². The Morgan fingerprint density at radius 2 is 1.39 bits per heavy atom. The van der Waals surface area contributed by atoms with Gasteiger partial charge in [0, 0.05) is 16.0 Å². The van der Waals surface area contributed by atoms with Gasteiger partial charge >= 0.3 is 0 Å². The molecule has 0 spiro atoms. The molecule has 1 heterocycles. The standard InChI is InChI=1S/C17H24N2OS3/c1-16(2,3)11-8-10(9-12(13(11)20)17(4,5)6)22-15-19-18-14(21-7)23-15/h8-9,20H,1-7H3. The molecular weight excluding hydrogens is 344 g/mol. The van der Waals surface area contributed by atoms with E-state index in [1.54, 1.807) is 34.9 Å². The third kappa shape index (κ3) is 4.43. The van der Waals surface area contributed by atoms with E-state index in [4.69, 9.17) is 0 Å². The molecular formula is C17H24N2OS3. The lowest BCUT2D eigenvalue weighted by atomic mass is 9.79. The molecule has 6 heteroatoms. The zero-order valence-corrected chi connectivity index (χ0v) is 17.2. The molecule has 0 aliphatic heterocycles. The van der Waals surface area contributed by atoms with Gasteiger partial charge in [-0.25, -0.2) is 0 Å². The first kappa shape index (κ1) is 18.6. The summed E-state index contributed by atoms with van der Waals surface area (Å²) in [5.74, 6) is 0.413. The smallest absolute Gasteiger partial charge is 0.179 e. The number of rotatable bonds is 3. The van der Waals surface area contributed by atoms with Crippen molar-refractivity contribution in [2.45, 2.75) is 65.9 Å². The van der Waals surface area contributed by atoms with E-state index in [1.807, 2.05) is 6.26 Å². The number of phenols is 1. The average molecular weight is 369 g/mol. The first-order chi connectivity index (χ1) is 10.5. The lowest BCUT2D eigenvalue weighted by Gasteiger charge is -2.28. The summed E-state index contributed by atoms with van der Waals surface area (Å²) in [6, 6.07) is 4.16. The molecule has 23 heavy (non-hydrogen) atoms.